The van der Waals surface area contributed by atoms with Crippen LogP contribution in [-0.2, 0) is 9.53 Å². The zero-order valence-corrected chi connectivity index (χ0v) is 8.47. The molecule has 0 aliphatic heterocycles. The van der Waals surface area contributed by atoms with Crippen LogP contribution in [-0.4, -0.2) is 18.0 Å². The summed E-state index contributed by atoms with van der Waals surface area (Å²) in [7, 11) is 1.29. The Balaban J connectivity index is 3.00. The van der Waals surface area contributed by atoms with Crippen LogP contribution in [0.2, 0.25) is 0 Å². The molecule has 80 valence electrons. The second-order valence-corrected chi connectivity index (χ2v) is 3.10. The Bertz CT molecular complexity index is 389. The van der Waals surface area contributed by atoms with Crippen molar-refractivity contribution in [2.75, 3.05) is 7.11 Å². The van der Waals surface area contributed by atoms with Gasteiger partial charge in [-0.05, 0) is 12.5 Å². The lowest BCUT2D eigenvalue weighted by Crippen LogP contribution is -2.10. The number of esters is 1. The van der Waals surface area contributed by atoms with Gasteiger partial charge in [-0.2, -0.15) is 0 Å². The van der Waals surface area contributed by atoms with Gasteiger partial charge >= 0.3 is 5.97 Å². The zero-order valence-electron chi connectivity index (χ0n) is 8.47. The lowest BCUT2D eigenvalue weighted by atomic mass is 10.0. The third-order valence-corrected chi connectivity index (χ3v) is 2.14. The number of nitro groups is 1. The maximum Gasteiger partial charge on any atom is 0.312 e. The van der Waals surface area contributed by atoms with Crippen molar-refractivity contribution in [3.8, 4) is 0 Å². The maximum atomic E-state index is 11.2. The number of rotatable bonds is 3. The molecule has 0 saturated heterocycles. The molecule has 1 aromatic carbocycles. The zero-order chi connectivity index (χ0) is 11.4. The molecule has 0 amide bonds. The number of ether oxygens (including phenoxy) is 1. The average molecular weight is 209 g/mol. The van der Waals surface area contributed by atoms with Gasteiger partial charge in [-0.25, -0.2) is 0 Å². The number of hydrogen-bond donors (Lipinski definition) is 0. The van der Waals surface area contributed by atoms with Gasteiger partial charge in [-0.15, -0.1) is 0 Å². The van der Waals surface area contributed by atoms with Crippen molar-refractivity contribution < 1.29 is 14.5 Å². The SMILES string of the molecule is COC(=O)[C@H](C)c1cccc([N+](=O)[O-])c1. The Labute approximate surface area is 86.8 Å². The van der Waals surface area contributed by atoms with E-state index in [0.29, 0.717) is 5.56 Å². The highest BCUT2D eigenvalue weighted by molar-refractivity contribution is 5.77. The van der Waals surface area contributed by atoms with Crippen molar-refractivity contribution in [1.29, 1.82) is 0 Å². The van der Waals surface area contributed by atoms with Crippen LogP contribution in [0.3, 0.4) is 0 Å². The molecular formula is C10H11NO4. The smallest absolute Gasteiger partial charge is 0.312 e. The van der Waals surface area contributed by atoms with Crippen LogP contribution in [0.25, 0.3) is 0 Å². The van der Waals surface area contributed by atoms with Crippen molar-refractivity contribution in [2.24, 2.45) is 0 Å². The van der Waals surface area contributed by atoms with E-state index < -0.39 is 16.8 Å². The van der Waals surface area contributed by atoms with Crippen LogP contribution in [0.4, 0.5) is 5.69 Å². The van der Waals surface area contributed by atoms with Crippen LogP contribution < -0.4 is 0 Å². The van der Waals surface area contributed by atoms with E-state index in [9.17, 15) is 14.9 Å². The van der Waals surface area contributed by atoms with Crippen LogP contribution in [0.1, 0.15) is 18.4 Å². The number of carbonyl (C=O) groups is 1. The highest BCUT2D eigenvalue weighted by Crippen LogP contribution is 2.21. The molecule has 0 radical (unpaired) electrons. The Kier molecular flexibility index (Phi) is 3.38. The molecule has 0 fully saturated rings. The molecule has 5 nitrogen and oxygen atoms in total. The Morgan fingerprint density at radius 2 is 2.20 bits per heavy atom. The fourth-order valence-electron chi connectivity index (χ4n) is 1.22. The van der Waals surface area contributed by atoms with E-state index in [0.717, 1.165) is 0 Å². The summed E-state index contributed by atoms with van der Waals surface area (Å²) in [6, 6.07) is 5.97. The summed E-state index contributed by atoms with van der Waals surface area (Å²) in [6.07, 6.45) is 0. The molecule has 15 heavy (non-hydrogen) atoms. The lowest BCUT2D eigenvalue weighted by molar-refractivity contribution is -0.384. The molecule has 0 aliphatic rings. The Morgan fingerprint density at radius 1 is 1.53 bits per heavy atom. The predicted molar refractivity (Wildman–Crippen MR) is 53.5 cm³/mol. The maximum absolute atomic E-state index is 11.2. The van der Waals surface area contributed by atoms with Crippen LogP contribution in [0, 0.1) is 10.1 Å². The van der Waals surface area contributed by atoms with E-state index in [4.69, 9.17) is 0 Å². The third kappa shape index (κ3) is 2.52. The first kappa shape index (κ1) is 11.2. The van der Waals surface area contributed by atoms with E-state index in [2.05, 4.69) is 4.74 Å². The first-order valence-electron chi connectivity index (χ1n) is 4.38. The number of carbonyl (C=O) groups excluding carboxylic acids is 1. The summed E-state index contributed by atoms with van der Waals surface area (Å²) in [5, 5.41) is 10.5. The minimum absolute atomic E-state index is 0.0248. The van der Waals surface area contributed by atoms with E-state index in [1.54, 1.807) is 19.1 Å². The minimum Gasteiger partial charge on any atom is -0.469 e. The molecule has 1 atom stereocenters. The molecular weight excluding hydrogens is 198 g/mol. The van der Waals surface area contributed by atoms with Crippen molar-refractivity contribution in [3.63, 3.8) is 0 Å². The highest BCUT2D eigenvalue weighted by atomic mass is 16.6. The third-order valence-electron chi connectivity index (χ3n) is 2.14. The van der Waals surface area contributed by atoms with Gasteiger partial charge in [0.05, 0.1) is 18.0 Å². The molecule has 1 aromatic rings. The number of nitro benzene ring substituents is 1. The standard InChI is InChI=1S/C10H11NO4/c1-7(10(12)15-2)8-4-3-5-9(6-8)11(13)14/h3-7H,1-2H3/t7-/m1/s1. The Hall–Kier alpha value is -1.91. The number of nitrogens with zero attached hydrogens (tertiary/aromatic N) is 1. The molecule has 0 heterocycles. The van der Waals surface area contributed by atoms with E-state index in [1.807, 2.05) is 0 Å². The molecule has 0 aromatic heterocycles. The van der Waals surface area contributed by atoms with Crippen molar-refractivity contribution >= 4 is 11.7 Å². The highest BCUT2D eigenvalue weighted by Gasteiger charge is 2.17. The predicted octanol–water partition coefficient (Wildman–Crippen LogP) is 1.87. The summed E-state index contributed by atoms with van der Waals surface area (Å²) >= 11 is 0. The van der Waals surface area contributed by atoms with Gasteiger partial charge in [0.25, 0.3) is 5.69 Å². The molecule has 0 bridgehead atoms. The number of hydrogen-bond acceptors (Lipinski definition) is 4. The van der Waals surface area contributed by atoms with Crippen molar-refractivity contribution in [3.05, 3.63) is 39.9 Å². The van der Waals surface area contributed by atoms with Gasteiger partial charge in [0.2, 0.25) is 0 Å². The van der Waals surface area contributed by atoms with Gasteiger partial charge in [0.15, 0.2) is 0 Å². The average Bonchev–Trinajstić information content (AvgIpc) is 2.27. The number of benzene rings is 1. The second-order valence-electron chi connectivity index (χ2n) is 3.10. The lowest BCUT2D eigenvalue weighted by Gasteiger charge is -2.08. The van der Waals surface area contributed by atoms with E-state index in [-0.39, 0.29) is 5.69 Å². The summed E-state index contributed by atoms with van der Waals surface area (Å²) in [4.78, 5) is 21.2. The van der Waals surface area contributed by atoms with Gasteiger partial charge in [0, 0.05) is 12.1 Å². The first-order chi connectivity index (χ1) is 7.06. The van der Waals surface area contributed by atoms with E-state index >= 15 is 0 Å². The summed E-state index contributed by atoms with van der Waals surface area (Å²) in [5.74, 6) is -0.898. The summed E-state index contributed by atoms with van der Waals surface area (Å²) in [5.41, 5.74) is 0.555. The molecule has 0 aliphatic carbocycles. The van der Waals surface area contributed by atoms with Gasteiger partial charge in [-0.1, -0.05) is 12.1 Å². The van der Waals surface area contributed by atoms with Crippen LogP contribution in [0.5, 0.6) is 0 Å². The molecule has 5 heteroatoms. The number of methoxy groups -OCH3 is 1. The summed E-state index contributed by atoms with van der Waals surface area (Å²) < 4.78 is 4.56. The molecule has 0 unspecified atom stereocenters. The minimum atomic E-state index is -0.493. The monoisotopic (exact) mass is 209 g/mol. The molecule has 0 saturated carbocycles. The molecule has 0 spiro atoms. The van der Waals surface area contributed by atoms with Gasteiger partial charge < -0.3 is 4.74 Å². The fraction of sp³-hybridized carbons (Fsp3) is 0.300. The second kappa shape index (κ2) is 4.54. The van der Waals surface area contributed by atoms with Gasteiger partial charge in [0.1, 0.15) is 0 Å². The fourth-order valence-corrected chi connectivity index (χ4v) is 1.22. The normalized spacial score (nSPS) is 11.9. The quantitative estimate of drug-likeness (QED) is 0.433. The summed E-state index contributed by atoms with van der Waals surface area (Å²) in [6.45, 7) is 1.64. The van der Waals surface area contributed by atoms with Crippen LogP contribution in [0.15, 0.2) is 24.3 Å². The topological polar surface area (TPSA) is 69.4 Å². The molecule has 0 N–H and O–H groups in total. The molecule has 1 rings (SSSR count). The van der Waals surface area contributed by atoms with Crippen LogP contribution >= 0.6 is 0 Å². The Morgan fingerprint density at radius 3 is 2.73 bits per heavy atom. The largest absolute Gasteiger partial charge is 0.469 e. The van der Waals surface area contributed by atoms with Crippen molar-refractivity contribution in [2.45, 2.75) is 12.8 Å². The van der Waals surface area contributed by atoms with E-state index in [1.165, 1.54) is 19.2 Å². The van der Waals surface area contributed by atoms with Crippen molar-refractivity contribution in [1.82, 2.24) is 0 Å². The van der Waals surface area contributed by atoms with Gasteiger partial charge in [-0.3, -0.25) is 14.9 Å². The number of non-ortho nitro benzene ring substituents is 1. The first-order valence-corrected chi connectivity index (χ1v) is 4.38.